The minimum Gasteiger partial charge on any atom is -0.258 e. The number of benzene rings is 2. The predicted molar refractivity (Wildman–Crippen MR) is 115 cm³/mol. The summed E-state index contributed by atoms with van der Waals surface area (Å²) < 4.78 is 27.8. The molecule has 0 fully saturated rings. The Morgan fingerprint density at radius 1 is 0.966 bits per heavy atom. The van der Waals surface area contributed by atoms with Crippen molar-refractivity contribution in [2.75, 3.05) is 0 Å². The SMILES string of the molecule is CC(C)(C)[C@@H](Sc1ccccc1)c1cccn1S(=O)(=O)c1ccc([N+](=O)[O-])cc1. The van der Waals surface area contributed by atoms with Gasteiger partial charge in [0, 0.05) is 28.9 Å². The molecule has 0 spiro atoms. The Morgan fingerprint density at radius 2 is 1.59 bits per heavy atom. The molecule has 1 aromatic heterocycles. The number of rotatable bonds is 6. The lowest BCUT2D eigenvalue weighted by atomic mass is 9.90. The number of non-ortho nitro benzene ring substituents is 1. The van der Waals surface area contributed by atoms with E-state index in [1.807, 2.05) is 36.4 Å². The van der Waals surface area contributed by atoms with E-state index in [9.17, 15) is 18.5 Å². The van der Waals surface area contributed by atoms with Crippen LogP contribution in [0.25, 0.3) is 0 Å². The second-order valence-corrected chi connectivity index (χ2v) is 10.7. The first-order valence-electron chi connectivity index (χ1n) is 9.00. The molecule has 6 nitrogen and oxygen atoms in total. The molecule has 1 atom stereocenters. The first-order chi connectivity index (χ1) is 13.6. The van der Waals surface area contributed by atoms with Crippen molar-refractivity contribution >= 4 is 27.5 Å². The van der Waals surface area contributed by atoms with Crippen molar-refractivity contribution in [1.82, 2.24) is 3.97 Å². The molecule has 152 valence electrons. The van der Waals surface area contributed by atoms with Gasteiger partial charge in [-0.3, -0.25) is 10.1 Å². The summed E-state index contributed by atoms with van der Waals surface area (Å²) in [5.41, 5.74) is 0.287. The van der Waals surface area contributed by atoms with Crippen LogP contribution < -0.4 is 0 Å². The van der Waals surface area contributed by atoms with Crippen LogP contribution >= 0.6 is 11.8 Å². The molecule has 1 heterocycles. The third-order valence-electron chi connectivity index (χ3n) is 4.40. The Hall–Kier alpha value is -2.58. The van der Waals surface area contributed by atoms with Crippen molar-refractivity contribution in [1.29, 1.82) is 0 Å². The third kappa shape index (κ3) is 4.54. The molecule has 0 aliphatic heterocycles. The molecule has 2 aromatic carbocycles. The summed E-state index contributed by atoms with van der Waals surface area (Å²) in [6.45, 7) is 6.22. The van der Waals surface area contributed by atoms with Crippen molar-refractivity contribution < 1.29 is 13.3 Å². The van der Waals surface area contributed by atoms with Gasteiger partial charge < -0.3 is 0 Å². The summed E-state index contributed by atoms with van der Waals surface area (Å²) in [7, 11) is -3.89. The lowest BCUT2D eigenvalue weighted by Gasteiger charge is -2.31. The van der Waals surface area contributed by atoms with Gasteiger partial charge in [0.1, 0.15) is 0 Å². The number of thioether (sulfide) groups is 1. The minimum absolute atomic E-state index is 0.0120. The molecule has 29 heavy (non-hydrogen) atoms. The normalized spacial score (nSPS) is 13.2. The van der Waals surface area contributed by atoms with E-state index >= 15 is 0 Å². The Kier molecular flexibility index (Phi) is 5.86. The number of nitro groups is 1. The molecule has 0 aliphatic carbocycles. The summed E-state index contributed by atoms with van der Waals surface area (Å²) in [5.74, 6) is 0. The van der Waals surface area contributed by atoms with E-state index in [1.165, 1.54) is 34.4 Å². The van der Waals surface area contributed by atoms with Crippen molar-refractivity contribution in [3.63, 3.8) is 0 Å². The molecular formula is C21H22N2O4S2. The standard InChI is InChI=1S/C21H22N2O4S2/c1-21(2,3)20(28-17-8-5-4-6-9-17)19-10-7-15-22(19)29(26,27)18-13-11-16(12-14-18)23(24)25/h4-15,20H,1-3H3/t20-/m0/s1. The van der Waals surface area contributed by atoms with Gasteiger partial charge in [0.05, 0.1) is 15.1 Å². The topological polar surface area (TPSA) is 82.2 Å². The maximum atomic E-state index is 13.3. The summed E-state index contributed by atoms with van der Waals surface area (Å²) >= 11 is 1.61. The average molecular weight is 431 g/mol. The monoisotopic (exact) mass is 430 g/mol. The summed E-state index contributed by atoms with van der Waals surface area (Å²) in [5, 5.41) is 10.7. The van der Waals surface area contributed by atoms with E-state index < -0.39 is 14.9 Å². The maximum absolute atomic E-state index is 13.3. The molecule has 0 aliphatic rings. The van der Waals surface area contributed by atoms with Gasteiger partial charge in [0.15, 0.2) is 0 Å². The Balaban J connectivity index is 2.04. The third-order valence-corrected chi connectivity index (χ3v) is 7.85. The van der Waals surface area contributed by atoms with Crippen LogP contribution in [0.15, 0.2) is 82.7 Å². The maximum Gasteiger partial charge on any atom is 0.269 e. The summed E-state index contributed by atoms with van der Waals surface area (Å²) in [4.78, 5) is 11.4. The highest BCUT2D eigenvalue weighted by atomic mass is 32.2. The second kappa shape index (κ2) is 8.04. The van der Waals surface area contributed by atoms with Gasteiger partial charge in [-0.25, -0.2) is 12.4 Å². The van der Waals surface area contributed by atoms with Crippen LogP contribution in [0.4, 0.5) is 5.69 Å². The van der Waals surface area contributed by atoms with Gasteiger partial charge in [0.2, 0.25) is 0 Å². The second-order valence-electron chi connectivity index (χ2n) is 7.66. The molecule has 0 saturated carbocycles. The number of nitro benzene ring substituents is 1. The zero-order valence-electron chi connectivity index (χ0n) is 16.3. The van der Waals surface area contributed by atoms with Crippen LogP contribution in [0.2, 0.25) is 0 Å². The van der Waals surface area contributed by atoms with Crippen LogP contribution in [0.5, 0.6) is 0 Å². The zero-order chi connectivity index (χ0) is 21.2. The average Bonchev–Trinajstić information content (AvgIpc) is 3.16. The van der Waals surface area contributed by atoms with Crippen molar-refractivity contribution in [2.24, 2.45) is 5.41 Å². The molecule has 3 rings (SSSR count). The highest BCUT2D eigenvalue weighted by Gasteiger charge is 2.32. The van der Waals surface area contributed by atoms with Crippen LogP contribution in [-0.4, -0.2) is 17.3 Å². The highest BCUT2D eigenvalue weighted by molar-refractivity contribution is 7.99. The molecule has 3 aromatic rings. The summed E-state index contributed by atoms with van der Waals surface area (Å²) in [6.07, 6.45) is 1.52. The van der Waals surface area contributed by atoms with Crippen molar-refractivity contribution in [2.45, 2.75) is 35.8 Å². The van der Waals surface area contributed by atoms with E-state index in [1.54, 1.807) is 17.8 Å². The highest BCUT2D eigenvalue weighted by Crippen LogP contribution is 2.47. The molecule has 0 unspecified atom stereocenters. The quantitative estimate of drug-likeness (QED) is 0.292. The van der Waals surface area contributed by atoms with Crippen LogP contribution in [-0.2, 0) is 10.0 Å². The van der Waals surface area contributed by atoms with Gasteiger partial charge >= 0.3 is 0 Å². The fourth-order valence-corrected chi connectivity index (χ4v) is 5.67. The smallest absolute Gasteiger partial charge is 0.258 e. The number of aromatic nitrogens is 1. The van der Waals surface area contributed by atoms with Crippen molar-refractivity contribution in [3.8, 4) is 0 Å². The number of hydrogen-bond donors (Lipinski definition) is 0. The fourth-order valence-electron chi connectivity index (χ4n) is 2.97. The van der Waals surface area contributed by atoms with Gasteiger partial charge in [-0.15, -0.1) is 11.8 Å². The Bertz CT molecular complexity index is 1100. The molecule has 0 saturated heterocycles. The predicted octanol–water partition coefficient (Wildman–Crippen LogP) is 5.51. The number of nitrogens with zero attached hydrogens (tertiary/aromatic N) is 2. The Morgan fingerprint density at radius 3 is 2.14 bits per heavy atom. The molecule has 0 amide bonds. The Labute approximate surface area is 174 Å². The minimum atomic E-state index is -3.89. The van der Waals surface area contributed by atoms with Gasteiger partial charge in [-0.05, 0) is 41.8 Å². The van der Waals surface area contributed by atoms with E-state index in [0.717, 1.165) is 4.90 Å². The van der Waals surface area contributed by atoms with Gasteiger partial charge in [0.25, 0.3) is 15.7 Å². The molecule has 8 heteroatoms. The van der Waals surface area contributed by atoms with Crippen LogP contribution in [0, 0.1) is 15.5 Å². The van der Waals surface area contributed by atoms with E-state index in [2.05, 4.69) is 20.8 Å². The molecule has 0 bridgehead atoms. The lowest BCUT2D eigenvalue weighted by Crippen LogP contribution is -2.22. The largest absolute Gasteiger partial charge is 0.269 e. The molecule has 0 N–H and O–H groups in total. The first kappa shape index (κ1) is 21.1. The number of hydrogen-bond acceptors (Lipinski definition) is 5. The fraction of sp³-hybridized carbons (Fsp3) is 0.238. The van der Waals surface area contributed by atoms with Gasteiger partial charge in [-0.2, -0.15) is 0 Å². The van der Waals surface area contributed by atoms with Gasteiger partial charge in [-0.1, -0.05) is 39.0 Å². The van der Waals surface area contributed by atoms with Crippen molar-refractivity contribution in [3.05, 3.63) is 88.7 Å². The van der Waals surface area contributed by atoms with E-state index in [4.69, 9.17) is 0 Å². The van der Waals surface area contributed by atoms with E-state index in [0.29, 0.717) is 5.69 Å². The van der Waals surface area contributed by atoms with Crippen LogP contribution in [0.3, 0.4) is 0 Å². The van der Waals surface area contributed by atoms with E-state index in [-0.39, 0.29) is 21.2 Å². The zero-order valence-corrected chi connectivity index (χ0v) is 18.0. The molecule has 0 radical (unpaired) electrons. The first-order valence-corrected chi connectivity index (χ1v) is 11.3. The molecular weight excluding hydrogens is 408 g/mol. The summed E-state index contributed by atoms with van der Waals surface area (Å²) in [6, 6.07) is 18.3. The lowest BCUT2D eigenvalue weighted by molar-refractivity contribution is -0.384. The van der Waals surface area contributed by atoms with Crippen LogP contribution in [0.1, 0.15) is 31.7 Å².